The van der Waals surface area contributed by atoms with Crippen LogP contribution in [-0.4, -0.2) is 89.8 Å². The number of carboxylic acids is 2. The lowest BCUT2D eigenvalue weighted by Crippen LogP contribution is -2.43. The van der Waals surface area contributed by atoms with Crippen LogP contribution in [0.15, 0.2) is 24.5 Å². The predicted molar refractivity (Wildman–Crippen MR) is 92.2 cm³/mol. The maximum absolute atomic E-state index is 12.2. The van der Waals surface area contributed by atoms with Gasteiger partial charge in [-0.25, -0.2) is 18.0 Å². The molecule has 0 saturated carbocycles. The molecule has 0 spiro atoms. The van der Waals surface area contributed by atoms with Gasteiger partial charge >= 0.3 is 11.9 Å². The van der Waals surface area contributed by atoms with E-state index in [4.69, 9.17) is 24.5 Å². The Morgan fingerprint density at radius 2 is 1.74 bits per heavy atom. The van der Waals surface area contributed by atoms with Gasteiger partial charge in [0.15, 0.2) is 0 Å². The lowest BCUT2D eigenvalue weighted by atomic mass is 10.2. The molecule has 0 radical (unpaired) electrons. The zero-order valence-corrected chi connectivity index (χ0v) is 15.2. The molecule has 11 nitrogen and oxygen atoms in total. The smallest absolute Gasteiger partial charge is 0.414 e. The number of carbonyl (C=O) groups is 3. The van der Waals surface area contributed by atoms with Crippen molar-refractivity contribution in [3.8, 4) is 0 Å². The highest BCUT2D eigenvalue weighted by molar-refractivity contribution is 7.89. The van der Waals surface area contributed by atoms with Gasteiger partial charge in [-0.05, 0) is 17.7 Å². The number of nitrogens with zero attached hydrogens (tertiary/aromatic N) is 3. The summed E-state index contributed by atoms with van der Waals surface area (Å²) < 4.78 is 30.9. The number of carbonyl (C=O) groups excluding carboxylic acids is 1. The van der Waals surface area contributed by atoms with Gasteiger partial charge in [0.1, 0.15) is 0 Å². The molecular formula is C15H21N3O8S. The number of aromatic nitrogens is 1. The molecule has 12 heteroatoms. The van der Waals surface area contributed by atoms with Gasteiger partial charge in [-0.2, -0.15) is 4.31 Å². The van der Waals surface area contributed by atoms with Gasteiger partial charge in [0, 0.05) is 38.6 Å². The summed E-state index contributed by atoms with van der Waals surface area (Å²) in [6, 6.07) is 3.60. The molecule has 1 saturated heterocycles. The topological polar surface area (TPSA) is 154 Å². The second-order valence-corrected chi connectivity index (χ2v) is 7.46. The van der Waals surface area contributed by atoms with Gasteiger partial charge in [0.2, 0.25) is 16.4 Å². The Hall–Kier alpha value is -2.57. The third kappa shape index (κ3) is 8.57. The summed E-state index contributed by atoms with van der Waals surface area (Å²) in [5.41, 5.74) is 0.917. The molecule has 27 heavy (non-hydrogen) atoms. The molecule has 0 aromatic carbocycles. The van der Waals surface area contributed by atoms with Gasteiger partial charge in [-0.1, -0.05) is 0 Å². The van der Waals surface area contributed by atoms with Crippen molar-refractivity contribution in [3.63, 3.8) is 0 Å². The molecular weight excluding hydrogens is 382 g/mol. The Bertz CT molecular complexity index is 708. The quantitative estimate of drug-likeness (QED) is 0.424. The minimum atomic E-state index is -3.34. The van der Waals surface area contributed by atoms with Crippen LogP contribution in [0, 0.1) is 0 Å². The molecule has 0 atom stereocenters. The summed E-state index contributed by atoms with van der Waals surface area (Å²) in [6.45, 7) is 2.17. The van der Waals surface area contributed by atoms with Crippen LogP contribution >= 0.6 is 0 Å². The van der Waals surface area contributed by atoms with E-state index in [9.17, 15) is 13.2 Å². The molecule has 150 valence electrons. The summed E-state index contributed by atoms with van der Waals surface area (Å²) in [5.74, 6) is -3.72. The van der Waals surface area contributed by atoms with Crippen molar-refractivity contribution in [1.29, 1.82) is 0 Å². The Morgan fingerprint density at radius 1 is 1.19 bits per heavy atom. The molecule has 2 N–H and O–H groups in total. The summed E-state index contributed by atoms with van der Waals surface area (Å²) in [4.78, 5) is 34.6. The van der Waals surface area contributed by atoms with Crippen molar-refractivity contribution in [1.82, 2.24) is 14.2 Å². The van der Waals surface area contributed by atoms with Crippen molar-refractivity contribution in [2.45, 2.75) is 6.54 Å². The number of morpholine rings is 1. The van der Waals surface area contributed by atoms with E-state index in [0.717, 1.165) is 5.56 Å². The molecule has 1 aliphatic heterocycles. The summed E-state index contributed by atoms with van der Waals surface area (Å²) >= 11 is 0. The number of sulfonamides is 1. The minimum absolute atomic E-state index is 0.0726. The number of rotatable bonds is 7. The van der Waals surface area contributed by atoms with E-state index >= 15 is 0 Å². The number of aliphatic carboxylic acids is 2. The predicted octanol–water partition coefficient (Wildman–Crippen LogP) is -1.14. The van der Waals surface area contributed by atoms with Crippen LogP contribution in [0.25, 0.3) is 0 Å². The summed E-state index contributed by atoms with van der Waals surface area (Å²) in [6.07, 6.45) is 3.96. The number of amides is 1. The second kappa shape index (κ2) is 11.2. The molecule has 0 unspecified atom stereocenters. The third-order valence-corrected chi connectivity index (χ3v) is 5.32. The average Bonchev–Trinajstić information content (AvgIpc) is 2.67. The first-order chi connectivity index (χ1) is 12.8. The lowest BCUT2D eigenvalue weighted by Gasteiger charge is -2.27. The molecule has 1 aromatic rings. The van der Waals surface area contributed by atoms with Gasteiger partial charge in [0.25, 0.3) is 0 Å². The van der Waals surface area contributed by atoms with Gasteiger partial charge in [-0.3, -0.25) is 9.78 Å². The fourth-order valence-electron chi connectivity index (χ4n) is 2.08. The zero-order valence-electron chi connectivity index (χ0n) is 14.4. The highest BCUT2D eigenvalue weighted by atomic mass is 32.2. The average molecular weight is 403 g/mol. The number of carboxylic acid groups (broad SMARTS) is 2. The van der Waals surface area contributed by atoms with E-state index in [1.165, 1.54) is 9.21 Å². The van der Waals surface area contributed by atoms with Gasteiger partial charge < -0.3 is 19.8 Å². The van der Waals surface area contributed by atoms with Crippen LogP contribution in [0.3, 0.4) is 0 Å². The van der Waals surface area contributed by atoms with Crippen LogP contribution in [0.5, 0.6) is 0 Å². The van der Waals surface area contributed by atoms with Crippen LogP contribution in [0.2, 0.25) is 0 Å². The summed E-state index contributed by atoms with van der Waals surface area (Å²) in [7, 11) is -3.34. The first-order valence-corrected chi connectivity index (χ1v) is 9.47. The normalized spacial score (nSPS) is 14.5. The van der Waals surface area contributed by atoms with E-state index in [-0.39, 0.29) is 12.3 Å². The zero-order chi connectivity index (χ0) is 20.3. The number of ether oxygens (including phenoxy) is 1. The van der Waals surface area contributed by atoms with Crippen LogP contribution in [-0.2, 0) is 35.7 Å². The summed E-state index contributed by atoms with van der Waals surface area (Å²) in [5, 5.41) is 14.8. The van der Waals surface area contributed by atoms with Crippen LogP contribution in [0.4, 0.5) is 0 Å². The highest BCUT2D eigenvalue weighted by Gasteiger charge is 2.24. The molecule has 2 heterocycles. The molecule has 1 fully saturated rings. The van der Waals surface area contributed by atoms with E-state index in [1.54, 1.807) is 24.5 Å². The fourth-order valence-corrected chi connectivity index (χ4v) is 3.51. The van der Waals surface area contributed by atoms with Crippen molar-refractivity contribution in [2.24, 2.45) is 0 Å². The molecule has 1 amide bonds. The van der Waals surface area contributed by atoms with Crippen molar-refractivity contribution >= 4 is 28.4 Å². The molecule has 0 aliphatic carbocycles. The number of pyridine rings is 1. The van der Waals surface area contributed by atoms with Gasteiger partial charge in [0.05, 0.1) is 19.0 Å². The third-order valence-electron chi connectivity index (χ3n) is 3.47. The van der Waals surface area contributed by atoms with E-state index in [2.05, 4.69) is 4.98 Å². The molecule has 0 bridgehead atoms. The van der Waals surface area contributed by atoms with E-state index in [1.807, 2.05) is 0 Å². The molecule has 2 rings (SSSR count). The SMILES string of the molecule is O=C(O)C(=O)O.O=CN(CCS(=O)(=O)N1CCOCC1)Cc1ccncc1. The van der Waals surface area contributed by atoms with Crippen LogP contribution in [0.1, 0.15) is 5.56 Å². The first kappa shape index (κ1) is 22.5. The number of hydrogen-bond acceptors (Lipinski definition) is 7. The second-order valence-electron chi connectivity index (χ2n) is 5.37. The first-order valence-electron chi connectivity index (χ1n) is 7.86. The van der Waals surface area contributed by atoms with Crippen molar-refractivity contribution in [2.75, 3.05) is 38.6 Å². The Balaban J connectivity index is 0.000000527. The van der Waals surface area contributed by atoms with Crippen molar-refractivity contribution in [3.05, 3.63) is 30.1 Å². The van der Waals surface area contributed by atoms with E-state index in [0.29, 0.717) is 39.3 Å². The largest absolute Gasteiger partial charge is 0.473 e. The molecule has 1 aromatic heterocycles. The van der Waals surface area contributed by atoms with Gasteiger partial charge in [-0.15, -0.1) is 0 Å². The maximum Gasteiger partial charge on any atom is 0.414 e. The fraction of sp³-hybridized carbons (Fsp3) is 0.467. The van der Waals surface area contributed by atoms with E-state index < -0.39 is 22.0 Å². The van der Waals surface area contributed by atoms with Crippen LogP contribution < -0.4 is 0 Å². The Labute approximate surface area is 156 Å². The maximum atomic E-state index is 12.2. The monoisotopic (exact) mass is 403 g/mol. The molecule has 1 aliphatic rings. The minimum Gasteiger partial charge on any atom is -0.473 e. The highest BCUT2D eigenvalue weighted by Crippen LogP contribution is 2.07. The lowest BCUT2D eigenvalue weighted by molar-refractivity contribution is -0.159. The Morgan fingerprint density at radius 3 is 2.22 bits per heavy atom. The number of hydrogen-bond donors (Lipinski definition) is 2. The standard InChI is InChI=1S/C13H19N3O4S.C2H2O4/c17-12-15(11-13-1-3-14-4-2-13)7-10-21(18,19)16-5-8-20-9-6-16;3-1(4)2(5)6/h1-4,12H,5-11H2;(H,3,4)(H,5,6). The Kier molecular flexibility index (Phi) is 9.33. The van der Waals surface area contributed by atoms with Crippen molar-refractivity contribution < 1.29 is 37.8 Å².